The summed E-state index contributed by atoms with van der Waals surface area (Å²) in [6.07, 6.45) is 11.7. The van der Waals surface area contributed by atoms with E-state index in [2.05, 4.69) is 46.4 Å². The van der Waals surface area contributed by atoms with Crippen LogP contribution in [0.25, 0.3) is 0 Å². The zero-order valence-corrected chi connectivity index (χ0v) is 11.9. The maximum Gasteiger partial charge on any atom is 0.0808 e. The van der Waals surface area contributed by atoms with Crippen LogP contribution in [0.15, 0.2) is 36.5 Å². The molecule has 1 N–H and O–H groups in total. The minimum Gasteiger partial charge on any atom is -0.388 e. The predicted molar refractivity (Wildman–Crippen MR) is 77.0 cm³/mol. The van der Waals surface area contributed by atoms with Gasteiger partial charge in [-0.15, -0.1) is 6.58 Å². The van der Waals surface area contributed by atoms with E-state index in [4.69, 9.17) is 0 Å². The minimum atomic E-state index is -0.433. The molecular weight excluding hydrogens is 208 g/mol. The van der Waals surface area contributed by atoms with Gasteiger partial charge >= 0.3 is 0 Å². The number of hydrogen-bond donors (Lipinski definition) is 1. The first-order chi connectivity index (χ1) is 7.96. The van der Waals surface area contributed by atoms with Crippen LogP contribution in [0.3, 0.4) is 0 Å². The predicted octanol–water partition coefficient (Wildman–Crippen LogP) is 4.64. The van der Waals surface area contributed by atoms with Crippen molar-refractivity contribution in [1.82, 2.24) is 0 Å². The highest BCUT2D eigenvalue weighted by Gasteiger charge is 2.26. The normalized spacial score (nSPS) is 16.5. The average molecular weight is 236 g/mol. The Morgan fingerprint density at radius 2 is 2.00 bits per heavy atom. The maximum atomic E-state index is 10.2. The van der Waals surface area contributed by atoms with Crippen molar-refractivity contribution >= 4 is 0 Å². The molecule has 0 aliphatic rings. The monoisotopic (exact) mass is 236 g/mol. The fraction of sp³-hybridized carbons (Fsp3) is 0.625. The highest BCUT2D eigenvalue weighted by molar-refractivity contribution is 5.06. The van der Waals surface area contributed by atoms with Gasteiger partial charge in [-0.3, -0.25) is 0 Å². The molecule has 0 saturated heterocycles. The fourth-order valence-corrected chi connectivity index (χ4v) is 1.65. The van der Waals surface area contributed by atoms with Gasteiger partial charge in [0, 0.05) is 5.41 Å². The van der Waals surface area contributed by atoms with Gasteiger partial charge in [0.25, 0.3) is 0 Å². The minimum absolute atomic E-state index is 0.226. The summed E-state index contributed by atoms with van der Waals surface area (Å²) < 4.78 is 0. The Labute approximate surface area is 107 Å². The van der Waals surface area contributed by atoms with Gasteiger partial charge in [-0.25, -0.2) is 0 Å². The second-order valence-electron chi connectivity index (χ2n) is 5.19. The number of hydrogen-bond acceptors (Lipinski definition) is 1. The molecule has 0 fully saturated rings. The summed E-state index contributed by atoms with van der Waals surface area (Å²) in [6.45, 7) is 12.3. The average Bonchev–Trinajstić information content (AvgIpc) is 2.28. The summed E-state index contributed by atoms with van der Waals surface area (Å²) in [5.41, 5.74) is 1.10. The highest BCUT2D eigenvalue weighted by Crippen LogP contribution is 2.30. The van der Waals surface area contributed by atoms with Gasteiger partial charge < -0.3 is 5.11 Å². The molecule has 2 atom stereocenters. The second kappa shape index (κ2) is 8.30. The van der Waals surface area contributed by atoms with Gasteiger partial charge in [0.05, 0.1) is 6.10 Å². The summed E-state index contributed by atoms with van der Waals surface area (Å²) in [4.78, 5) is 0. The van der Waals surface area contributed by atoms with Crippen molar-refractivity contribution in [3.05, 3.63) is 36.5 Å². The van der Waals surface area contributed by atoms with Gasteiger partial charge in [-0.1, -0.05) is 50.1 Å². The molecule has 98 valence electrons. The zero-order valence-electron chi connectivity index (χ0n) is 11.9. The third-order valence-corrected chi connectivity index (χ3v) is 3.15. The molecular formula is C16H28O. The second-order valence-corrected chi connectivity index (χ2v) is 5.19. The third kappa shape index (κ3) is 6.48. The first-order valence-electron chi connectivity index (χ1n) is 6.58. The SMILES string of the molecule is C=C[C@@](C)(CCC=C(C)C)[C@H](O)/C=C/CCC. The largest absolute Gasteiger partial charge is 0.388 e. The molecule has 0 aliphatic carbocycles. The van der Waals surface area contributed by atoms with E-state index in [0.29, 0.717) is 0 Å². The summed E-state index contributed by atoms with van der Waals surface area (Å²) >= 11 is 0. The Kier molecular flexibility index (Phi) is 7.90. The molecule has 0 aliphatic heterocycles. The van der Waals surface area contributed by atoms with E-state index in [1.807, 2.05) is 12.2 Å². The van der Waals surface area contributed by atoms with E-state index in [9.17, 15) is 5.11 Å². The van der Waals surface area contributed by atoms with Gasteiger partial charge in [-0.05, 0) is 33.1 Å². The van der Waals surface area contributed by atoms with Crippen LogP contribution in [-0.2, 0) is 0 Å². The van der Waals surface area contributed by atoms with Crippen LogP contribution >= 0.6 is 0 Å². The molecule has 0 aromatic carbocycles. The molecule has 0 aromatic rings. The highest BCUT2D eigenvalue weighted by atomic mass is 16.3. The lowest BCUT2D eigenvalue weighted by molar-refractivity contribution is 0.106. The van der Waals surface area contributed by atoms with Crippen molar-refractivity contribution in [1.29, 1.82) is 0 Å². The van der Waals surface area contributed by atoms with Crippen molar-refractivity contribution in [3.8, 4) is 0 Å². The van der Waals surface area contributed by atoms with Crippen molar-refractivity contribution in [3.63, 3.8) is 0 Å². The molecule has 0 saturated carbocycles. The lowest BCUT2D eigenvalue weighted by Gasteiger charge is -2.29. The van der Waals surface area contributed by atoms with E-state index >= 15 is 0 Å². The lowest BCUT2D eigenvalue weighted by Crippen LogP contribution is -2.28. The number of allylic oxidation sites excluding steroid dienone is 3. The van der Waals surface area contributed by atoms with Gasteiger partial charge in [0.1, 0.15) is 0 Å². The molecule has 0 heterocycles. The van der Waals surface area contributed by atoms with E-state index in [0.717, 1.165) is 25.7 Å². The Balaban J connectivity index is 4.43. The maximum absolute atomic E-state index is 10.2. The van der Waals surface area contributed by atoms with Gasteiger partial charge in [-0.2, -0.15) is 0 Å². The first-order valence-corrected chi connectivity index (χ1v) is 6.58. The molecule has 0 amide bonds. The summed E-state index contributed by atoms with van der Waals surface area (Å²) in [5.74, 6) is 0. The number of unbranched alkanes of at least 4 members (excludes halogenated alkanes) is 1. The molecule has 0 unspecified atom stereocenters. The number of aliphatic hydroxyl groups excluding tert-OH is 1. The van der Waals surface area contributed by atoms with Crippen LogP contribution in [-0.4, -0.2) is 11.2 Å². The smallest absolute Gasteiger partial charge is 0.0808 e. The third-order valence-electron chi connectivity index (χ3n) is 3.15. The van der Waals surface area contributed by atoms with Crippen LogP contribution in [0.1, 0.15) is 53.4 Å². The summed E-state index contributed by atoms with van der Waals surface area (Å²) in [5, 5.41) is 10.2. The Morgan fingerprint density at radius 1 is 1.35 bits per heavy atom. The fourth-order valence-electron chi connectivity index (χ4n) is 1.65. The van der Waals surface area contributed by atoms with E-state index in [-0.39, 0.29) is 5.41 Å². The number of aliphatic hydroxyl groups is 1. The number of rotatable bonds is 8. The van der Waals surface area contributed by atoms with Crippen LogP contribution in [0.2, 0.25) is 0 Å². The quantitative estimate of drug-likeness (QED) is 0.609. The Morgan fingerprint density at radius 3 is 2.47 bits per heavy atom. The molecule has 0 aromatic heterocycles. The lowest BCUT2D eigenvalue weighted by atomic mass is 9.79. The molecule has 1 nitrogen and oxygen atoms in total. The topological polar surface area (TPSA) is 20.2 Å². The van der Waals surface area contributed by atoms with Crippen molar-refractivity contribution < 1.29 is 5.11 Å². The summed E-state index contributed by atoms with van der Waals surface area (Å²) in [6, 6.07) is 0. The molecule has 1 heteroatoms. The van der Waals surface area contributed by atoms with Crippen LogP contribution in [0.5, 0.6) is 0 Å². The van der Waals surface area contributed by atoms with Gasteiger partial charge in [0.15, 0.2) is 0 Å². The van der Waals surface area contributed by atoms with E-state index < -0.39 is 6.10 Å². The Hall–Kier alpha value is -0.820. The van der Waals surface area contributed by atoms with Crippen LogP contribution in [0, 0.1) is 5.41 Å². The molecule has 0 radical (unpaired) electrons. The van der Waals surface area contributed by atoms with Gasteiger partial charge in [0.2, 0.25) is 0 Å². The van der Waals surface area contributed by atoms with Crippen molar-refractivity contribution in [2.45, 2.75) is 59.5 Å². The van der Waals surface area contributed by atoms with E-state index in [1.54, 1.807) is 0 Å². The van der Waals surface area contributed by atoms with Crippen LogP contribution in [0.4, 0.5) is 0 Å². The molecule has 0 rings (SSSR count). The van der Waals surface area contributed by atoms with E-state index in [1.165, 1.54) is 5.57 Å². The molecule has 17 heavy (non-hydrogen) atoms. The van der Waals surface area contributed by atoms with Crippen molar-refractivity contribution in [2.75, 3.05) is 0 Å². The standard InChI is InChI=1S/C16H28O/c1-6-8-9-12-15(17)16(5,7-2)13-10-11-14(3)4/h7,9,11-12,15,17H,2,6,8,10,13H2,1,3-5H3/b12-9+/t15-,16+/m1/s1. The zero-order chi connectivity index (χ0) is 13.3. The molecule has 0 spiro atoms. The molecule has 0 bridgehead atoms. The van der Waals surface area contributed by atoms with Crippen LogP contribution < -0.4 is 0 Å². The Bertz CT molecular complexity index is 271. The summed E-state index contributed by atoms with van der Waals surface area (Å²) in [7, 11) is 0. The van der Waals surface area contributed by atoms with Crippen molar-refractivity contribution in [2.24, 2.45) is 5.41 Å². The first kappa shape index (κ1) is 16.2.